The van der Waals surface area contributed by atoms with Gasteiger partial charge in [-0.3, -0.25) is 9.59 Å². The van der Waals surface area contributed by atoms with E-state index in [0.717, 1.165) is 43.3 Å². The number of fused-ring (bicyclic) bond motifs is 1. The van der Waals surface area contributed by atoms with E-state index >= 15 is 0 Å². The summed E-state index contributed by atoms with van der Waals surface area (Å²) in [5.74, 6) is -1.74. The molecule has 2 aliphatic rings. The molecule has 7 heteroatoms. The Morgan fingerprint density at radius 2 is 1.68 bits per heavy atom. The molecule has 1 fully saturated rings. The van der Waals surface area contributed by atoms with E-state index in [0.29, 0.717) is 38.5 Å². The van der Waals surface area contributed by atoms with Crippen molar-refractivity contribution in [3.05, 3.63) is 22.8 Å². The smallest absolute Gasteiger partial charge is 0.328 e. The van der Waals surface area contributed by atoms with Crippen LogP contribution in [0.1, 0.15) is 112 Å². The van der Waals surface area contributed by atoms with Gasteiger partial charge in [0.1, 0.15) is 12.7 Å². The number of carboxylic acids is 1. The summed E-state index contributed by atoms with van der Waals surface area (Å²) in [7, 11) is 0. The molecule has 0 heterocycles. The number of aliphatic hydroxyl groups is 1. The number of unbranched alkanes of at least 4 members (excludes halogenated alkanes) is 2. The average molecular weight is 521 g/mol. The molecule has 210 valence electrons. The topological polar surface area (TPSA) is 110 Å². The molecule has 1 saturated carbocycles. The van der Waals surface area contributed by atoms with Crippen LogP contribution in [-0.2, 0) is 23.9 Å². The molecule has 2 N–H and O–H groups in total. The van der Waals surface area contributed by atoms with Gasteiger partial charge in [-0.15, -0.1) is 0 Å². The fourth-order valence-electron chi connectivity index (χ4n) is 6.74. The molecule has 37 heavy (non-hydrogen) atoms. The van der Waals surface area contributed by atoms with Gasteiger partial charge in [-0.05, 0) is 64.2 Å². The highest BCUT2D eigenvalue weighted by Crippen LogP contribution is 2.61. The Labute approximate surface area is 222 Å². The van der Waals surface area contributed by atoms with E-state index in [2.05, 4.69) is 13.8 Å². The average Bonchev–Trinajstić information content (AvgIpc) is 2.81. The van der Waals surface area contributed by atoms with E-state index in [1.165, 1.54) is 11.6 Å². The van der Waals surface area contributed by atoms with Gasteiger partial charge in [0.2, 0.25) is 0 Å². The van der Waals surface area contributed by atoms with Crippen molar-refractivity contribution in [2.45, 2.75) is 124 Å². The van der Waals surface area contributed by atoms with Crippen molar-refractivity contribution in [1.82, 2.24) is 0 Å². The third-order valence-electron chi connectivity index (χ3n) is 8.59. The molecular formula is C30H48O7. The number of hydrogen-bond donors (Lipinski definition) is 2. The first-order valence-corrected chi connectivity index (χ1v) is 14.0. The van der Waals surface area contributed by atoms with Gasteiger partial charge in [-0.2, -0.15) is 0 Å². The molecule has 0 spiro atoms. The maximum Gasteiger partial charge on any atom is 0.328 e. The lowest BCUT2D eigenvalue weighted by Crippen LogP contribution is -2.61. The Morgan fingerprint density at radius 3 is 2.27 bits per heavy atom. The zero-order chi connectivity index (χ0) is 27.8. The molecule has 0 aromatic heterocycles. The van der Waals surface area contributed by atoms with Crippen molar-refractivity contribution in [1.29, 1.82) is 0 Å². The van der Waals surface area contributed by atoms with Crippen molar-refractivity contribution < 1.29 is 34.1 Å². The van der Waals surface area contributed by atoms with Crippen LogP contribution < -0.4 is 0 Å². The summed E-state index contributed by atoms with van der Waals surface area (Å²) >= 11 is 0. The summed E-state index contributed by atoms with van der Waals surface area (Å²) in [5.41, 5.74) is 2.02. The van der Waals surface area contributed by atoms with E-state index in [-0.39, 0.29) is 29.9 Å². The van der Waals surface area contributed by atoms with Crippen LogP contribution in [0.3, 0.4) is 0 Å². The number of ether oxygens (including phenoxy) is 2. The Bertz CT molecular complexity index is 888. The van der Waals surface area contributed by atoms with E-state index in [9.17, 15) is 19.5 Å². The number of hydrogen-bond acceptors (Lipinski definition) is 6. The van der Waals surface area contributed by atoms with Crippen LogP contribution in [0.2, 0.25) is 0 Å². The highest BCUT2D eigenvalue weighted by atomic mass is 16.6. The molecule has 0 aromatic rings. The fourth-order valence-corrected chi connectivity index (χ4v) is 6.74. The molecule has 2 rings (SSSR count). The highest BCUT2D eigenvalue weighted by molar-refractivity contribution is 5.80. The van der Waals surface area contributed by atoms with Crippen LogP contribution in [0.5, 0.6) is 0 Å². The first kappa shape index (κ1) is 31.1. The van der Waals surface area contributed by atoms with Crippen molar-refractivity contribution in [2.75, 3.05) is 6.61 Å². The second-order valence-electron chi connectivity index (χ2n) is 11.6. The third kappa shape index (κ3) is 7.68. The molecule has 0 aromatic carbocycles. The molecule has 0 aliphatic heterocycles. The standard InChI is InChI=1S/C30H48O7/c1-7-9-11-26(34)36-19-30(6)24(37-27(35)12-10-8-2)15-16-29(5)22(14-13-20(3)17-25(32)33)21(4)18-23(31)28(29)30/h17,23-24,28,31H,7-16,18-19H2,1-6H3,(H,32,33)/b20-17+/t23-,24-,28?,29-,30+/m1/s1. The van der Waals surface area contributed by atoms with Gasteiger partial charge in [0.25, 0.3) is 0 Å². The quantitative estimate of drug-likeness (QED) is 0.171. The first-order chi connectivity index (χ1) is 17.4. The van der Waals surface area contributed by atoms with Gasteiger partial charge >= 0.3 is 17.9 Å². The summed E-state index contributed by atoms with van der Waals surface area (Å²) in [6, 6.07) is 0. The van der Waals surface area contributed by atoms with Crippen LogP contribution in [0.15, 0.2) is 22.8 Å². The van der Waals surface area contributed by atoms with Crippen molar-refractivity contribution >= 4 is 17.9 Å². The molecule has 0 saturated heterocycles. The molecule has 2 aliphatic carbocycles. The zero-order valence-corrected chi connectivity index (χ0v) is 23.7. The SMILES string of the molecule is CCCCC(=O)OC[C@]1(C)C2[C@H](O)CC(C)=C(CC/C(C)=C/C(=O)O)[C@@]2(C)CC[C@H]1OC(=O)CCCC. The fraction of sp³-hybridized carbons (Fsp3) is 0.767. The third-order valence-corrected chi connectivity index (χ3v) is 8.59. The Morgan fingerprint density at radius 1 is 1.05 bits per heavy atom. The Balaban J connectivity index is 2.41. The molecule has 0 amide bonds. The van der Waals surface area contributed by atoms with Crippen LogP contribution in [0, 0.1) is 16.7 Å². The van der Waals surface area contributed by atoms with Gasteiger partial charge in [0.15, 0.2) is 0 Å². The largest absolute Gasteiger partial charge is 0.478 e. The number of rotatable bonds is 13. The number of aliphatic hydroxyl groups excluding tert-OH is 1. The van der Waals surface area contributed by atoms with Gasteiger partial charge in [0.05, 0.1) is 6.10 Å². The minimum absolute atomic E-state index is 0.0862. The van der Waals surface area contributed by atoms with Crippen LogP contribution >= 0.6 is 0 Å². The minimum atomic E-state index is -0.950. The second kappa shape index (κ2) is 13.6. The number of aliphatic carboxylic acids is 1. The highest BCUT2D eigenvalue weighted by Gasteiger charge is 2.60. The summed E-state index contributed by atoms with van der Waals surface area (Å²) in [6.07, 6.45) is 7.28. The van der Waals surface area contributed by atoms with E-state index in [4.69, 9.17) is 14.6 Å². The number of carbonyl (C=O) groups is 3. The normalized spacial score (nSPS) is 30.0. The number of carbonyl (C=O) groups excluding carboxylic acids is 2. The van der Waals surface area contributed by atoms with Crippen LogP contribution in [0.4, 0.5) is 0 Å². The Hall–Kier alpha value is -2.15. The van der Waals surface area contributed by atoms with Crippen molar-refractivity contribution in [3.63, 3.8) is 0 Å². The predicted octanol–water partition coefficient (Wildman–Crippen LogP) is 6.14. The summed E-state index contributed by atoms with van der Waals surface area (Å²) in [5, 5.41) is 20.6. The van der Waals surface area contributed by atoms with Crippen LogP contribution in [0.25, 0.3) is 0 Å². The first-order valence-electron chi connectivity index (χ1n) is 14.0. The lowest BCUT2D eigenvalue weighted by Gasteiger charge is -2.59. The number of esters is 2. The molecule has 5 atom stereocenters. The molecule has 1 unspecified atom stereocenters. The monoisotopic (exact) mass is 520 g/mol. The maximum absolute atomic E-state index is 12.7. The Kier molecular flexibility index (Phi) is 11.4. The molecule has 7 nitrogen and oxygen atoms in total. The van der Waals surface area contributed by atoms with Crippen molar-refractivity contribution in [2.24, 2.45) is 16.7 Å². The lowest BCUT2D eigenvalue weighted by molar-refractivity contribution is -0.197. The number of allylic oxidation sites excluding steroid dienone is 2. The summed E-state index contributed by atoms with van der Waals surface area (Å²) in [6.45, 7) is 12.2. The van der Waals surface area contributed by atoms with Crippen LogP contribution in [-0.4, -0.2) is 46.9 Å². The summed E-state index contributed by atoms with van der Waals surface area (Å²) < 4.78 is 11.8. The second-order valence-corrected chi connectivity index (χ2v) is 11.6. The van der Waals surface area contributed by atoms with E-state index in [1.54, 1.807) is 0 Å². The van der Waals surface area contributed by atoms with E-state index < -0.39 is 23.6 Å². The molecule has 0 bridgehead atoms. The van der Waals surface area contributed by atoms with Gasteiger partial charge in [0, 0.05) is 30.3 Å². The minimum Gasteiger partial charge on any atom is -0.478 e. The molecule has 0 radical (unpaired) electrons. The van der Waals surface area contributed by atoms with Gasteiger partial charge in [-0.25, -0.2) is 4.79 Å². The predicted molar refractivity (Wildman–Crippen MR) is 143 cm³/mol. The zero-order valence-electron chi connectivity index (χ0n) is 23.7. The summed E-state index contributed by atoms with van der Waals surface area (Å²) in [4.78, 5) is 36.3. The maximum atomic E-state index is 12.7. The van der Waals surface area contributed by atoms with Crippen molar-refractivity contribution in [3.8, 4) is 0 Å². The number of carboxylic acid groups (broad SMARTS) is 1. The molecular weight excluding hydrogens is 472 g/mol. The van der Waals surface area contributed by atoms with Gasteiger partial charge < -0.3 is 19.7 Å². The van der Waals surface area contributed by atoms with Gasteiger partial charge in [-0.1, -0.05) is 57.3 Å². The lowest BCUT2D eigenvalue weighted by atomic mass is 9.47. The van der Waals surface area contributed by atoms with E-state index in [1.807, 2.05) is 27.7 Å².